The molecule has 0 radical (unpaired) electrons. The zero-order chi connectivity index (χ0) is 21.7. The first kappa shape index (κ1) is 21.2. The van der Waals surface area contributed by atoms with Crippen LogP contribution in [0.2, 0.25) is 5.02 Å². The molecule has 10 nitrogen and oxygen atoms in total. The summed E-state index contributed by atoms with van der Waals surface area (Å²) >= 11 is 5.98. The van der Waals surface area contributed by atoms with Crippen molar-refractivity contribution in [1.29, 1.82) is 0 Å². The van der Waals surface area contributed by atoms with Gasteiger partial charge in [-0.25, -0.2) is 4.79 Å². The quantitative estimate of drug-likeness (QED) is 0.380. The second kappa shape index (κ2) is 9.31. The molecule has 3 rings (SSSR count). The number of benzene rings is 2. The summed E-state index contributed by atoms with van der Waals surface area (Å²) in [5.41, 5.74) is 0.404. The van der Waals surface area contributed by atoms with Gasteiger partial charge >= 0.3 is 6.09 Å². The van der Waals surface area contributed by atoms with Crippen molar-refractivity contribution in [1.82, 2.24) is 0 Å². The number of nitrogens with zero attached hydrogens (tertiary/aromatic N) is 3. The first-order valence-electron chi connectivity index (χ1n) is 9.09. The van der Waals surface area contributed by atoms with Crippen molar-refractivity contribution < 1.29 is 19.5 Å². The predicted molar refractivity (Wildman–Crippen MR) is 110 cm³/mol. The minimum absolute atomic E-state index is 0.305. The summed E-state index contributed by atoms with van der Waals surface area (Å²) in [5, 5.41) is 29.2. The van der Waals surface area contributed by atoms with Gasteiger partial charge in [0.2, 0.25) is 0 Å². The van der Waals surface area contributed by atoms with E-state index in [9.17, 15) is 25.0 Å². The van der Waals surface area contributed by atoms with Gasteiger partial charge in [0.1, 0.15) is 0 Å². The smallest absolute Gasteiger partial charge is 0.298 e. The lowest BCUT2D eigenvalue weighted by Gasteiger charge is -2.23. The van der Waals surface area contributed by atoms with Gasteiger partial charge in [0.15, 0.2) is 0 Å². The van der Waals surface area contributed by atoms with Gasteiger partial charge in [-0.1, -0.05) is 35.3 Å². The van der Waals surface area contributed by atoms with Gasteiger partial charge in [-0.15, -0.1) is 0 Å². The first-order chi connectivity index (χ1) is 14.4. The third kappa shape index (κ3) is 4.90. The van der Waals surface area contributed by atoms with E-state index in [1.54, 1.807) is 24.3 Å². The molecule has 0 saturated heterocycles. The Morgan fingerprint density at radius 1 is 1.13 bits per heavy atom. The van der Waals surface area contributed by atoms with Crippen LogP contribution in [0.3, 0.4) is 0 Å². The summed E-state index contributed by atoms with van der Waals surface area (Å²) in [6, 6.07) is 10.1. The van der Waals surface area contributed by atoms with E-state index in [2.05, 4.69) is 10.5 Å². The van der Waals surface area contributed by atoms with Crippen molar-refractivity contribution in [3.8, 4) is 0 Å². The lowest BCUT2D eigenvalue weighted by atomic mass is 9.81. The monoisotopic (exact) mass is 432 g/mol. The molecule has 30 heavy (non-hydrogen) atoms. The van der Waals surface area contributed by atoms with E-state index in [4.69, 9.17) is 16.4 Å². The highest BCUT2D eigenvalue weighted by atomic mass is 35.5. The Hall–Kier alpha value is -3.53. The fourth-order valence-electron chi connectivity index (χ4n) is 3.33. The van der Waals surface area contributed by atoms with Crippen LogP contribution >= 0.6 is 11.6 Å². The molecule has 0 bridgehead atoms. The lowest BCUT2D eigenvalue weighted by molar-refractivity contribution is -0.394. The van der Waals surface area contributed by atoms with Gasteiger partial charge in [-0.3, -0.25) is 30.4 Å². The van der Waals surface area contributed by atoms with Crippen LogP contribution in [0.25, 0.3) is 0 Å². The van der Waals surface area contributed by atoms with Crippen molar-refractivity contribution >= 4 is 40.5 Å². The molecule has 2 aromatic rings. The van der Waals surface area contributed by atoms with Gasteiger partial charge in [-0.05, 0) is 37.5 Å². The summed E-state index contributed by atoms with van der Waals surface area (Å²) < 4.78 is 0. The second-order valence-electron chi connectivity index (χ2n) is 6.62. The molecule has 0 aromatic heterocycles. The molecule has 2 aromatic carbocycles. The van der Waals surface area contributed by atoms with E-state index >= 15 is 0 Å². The fraction of sp³-hybridized carbons (Fsp3) is 0.263. The number of para-hydroxylation sites is 1. The maximum absolute atomic E-state index is 12.1. The second-order valence-corrected chi connectivity index (χ2v) is 7.03. The summed E-state index contributed by atoms with van der Waals surface area (Å²) in [6.45, 7) is 0. The van der Waals surface area contributed by atoms with Gasteiger partial charge in [0.25, 0.3) is 11.4 Å². The summed E-state index contributed by atoms with van der Waals surface area (Å²) in [4.78, 5) is 38.1. The number of nitrogens with one attached hydrogen (secondary N) is 1. The highest BCUT2D eigenvalue weighted by Crippen LogP contribution is 2.37. The molecule has 0 spiro atoms. The topological polar surface area (TPSA) is 137 Å². The van der Waals surface area contributed by atoms with Crippen molar-refractivity contribution in [2.45, 2.75) is 31.6 Å². The van der Waals surface area contributed by atoms with Crippen LogP contribution in [0.5, 0.6) is 0 Å². The number of non-ortho nitro benzene ring substituents is 1. The Labute approximate surface area is 175 Å². The summed E-state index contributed by atoms with van der Waals surface area (Å²) in [6.07, 6.45) is 1.76. The Morgan fingerprint density at radius 2 is 1.90 bits per heavy atom. The molecular weight excluding hydrogens is 416 g/mol. The first-order valence-corrected chi connectivity index (χ1v) is 9.46. The molecule has 1 aliphatic rings. The van der Waals surface area contributed by atoms with Gasteiger partial charge < -0.3 is 0 Å². The van der Waals surface area contributed by atoms with E-state index in [0.717, 1.165) is 18.9 Å². The standard InChI is InChI=1S/C19H17ClN4O6/c20-15-6-2-4-8-17(15)21-19(25)30-22-16-7-3-1-5-13(16)14-10-9-12(23(26)27)11-18(14)24(28)29/h2,4,6,8-11,13H,1,3,5,7H2,(H,21,25)/b22-16-/t13-/m1/s1. The van der Waals surface area contributed by atoms with Crippen LogP contribution in [0.15, 0.2) is 47.6 Å². The lowest BCUT2D eigenvalue weighted by Crippen LogP contribution is -2.20. The van der Waals surface area contributed by atoms with Crippen LogP contribution in [0, 0.1) is 20.2 Å². The molecular formula is C19H17ClN4O6. The maximum Gasteiger partial charge on any atom is 0.437 e. The number of nitro benzene ring substituents is 2. The predicted octanol–water partition coefficient (Wildman–Crippen LogP) is 5.42. The number of halogens is 1. The van der Waals surface area contributed by atoms with Crippen LogP contribution in [-0.4, -0.2) is 21.7 Å². The Morgan fingerprint density at radius 3 is 2.60 bits per heavy atom. The zero-order valence-corrected chi connectivity index (χ0v) is 16.4. The molecule has 1 saturated carbocycles. The Bertz CT molecular complexity index is 1030. The minimum Gasteiger partial charge on any atom is -0.298 e. The van der Waals surface area contributed by atoms with E-state index in [-0.39, 0.29) is 11.4 Å². The third-order valence-electron chi connectivity index (χ3n) is 4.73. The molecule has 0 heterocycles. The number of carbonyl (C=O) groups excluding carboxylic acids is 1. The number of carbonyl (C=O) groups is 1. The van der Waals surface area contributed by atoms with E-state index < -0.39 is 21.9 Å². The number of rotatable bonds is 5. The van der Waals surface area contributed by atoms with Gasteiger partial charge in [0, 0.05) is 17.5 Å². The number of nitro groups is 2. The van der Waals surface area contributed by atoms with Crippen LogP contribution in [-0.2, 0) is 4.84 Å². The molecule has 1 N–H and O–H groups in total. The van der Waals surface area contributed by atoms with E-state index in [1.807, 2.05) is 0 Å². The average molecular weight is 433 g/mol. The molecule has 1 amide bonds. The number of oxime groups is 1. The van der Waals surface area contributed by atoms with E-state index in [0.29, 0.717) is 34.8 Å². The molecule has 0 aliphatic heterocycles. The SMILES string of the molecule is O=C(Nc1ccccc1Cl)O/N=C1/CCCC[C@@H]1c1ccc([N+](=O)[O-])cc1[N+](=O)[O-]. The van der Waals surface area contributed by atoms with Crippen LogP contribution < -0.4 is 5.32 Å². The zero-order valence-electron chi connectivity index (χ0n) is 15.6. The van der Waals surface area contributed by atoms with Crippen molar-refractivity contribution in [2.75, 3.05) is 5.32 Å². The highest BCUT2D eigenvalue weighted by molar-refractivity contribution is 6.33. The summed E-state index contributed by atoms with van der Waals surface area (Å²) in [7, 11) is 0. The molecule has 1 aliphatic carbocycles. The van der Waals surface area contributed by atoms with Gasteiger partial charge in [-0.2, -0.15) is 0 Å². The van der Waals surface area contributed by atoms with E-state index in [1.165, 1.54) is 12.1 Å². The third-order valence-corrected chi connectivity index (χ3v) is 5.06. The average Bonchev–Trinajstić information content (AvgIpc) is 2.73. The normalized spacial score (nSPS) is 17.4. The number of hydrogen-bond acceptors (Lipinski definition) is 7. The summed E-state index contributed by atoms with van der Waals surface area (Å²) in [5.74, 6) is -0.479. The molecule has 1 fully saturated rings. The Kier molecular flexibility index (Phi) is 6.58. The van der Waals surface area contributed by atoms with Gasteiger partial charge in [0.05, 0.1) is 32.3 Å². The van der Waals surface area contributed by atoms with Crippen LogP contribution in [0.1, 0.15) is 37.2 Å². The number of amides is 1. The van der Waals surface area contributed by atoms with Crippen molar-refractivity contribution in [3.63, 3.8) is 0 Å². The molecule has 1 atom stereocenters. The number of anilines is 1. The largest absolute Gasteiger partial charge is 0.437 e. The van der Waals surface area contributed by atoms with Crippen molar-refractivity contribution in [3.05, 3.63) is 73.3 Å². The van der Waals surface area contributed by atoms with Crippen molar-refractivity contribution in [2.24, 2.45) is 5.16 Å². The fourth-order valence-corrected chi connectivity index (χ4v) is 3.52. The number of hydrogen-bond donors (Lipinski definition) is 1. The highest BCUT2D eigenvalue weighted by Gasteiger charge is 2.31. The maximum atomic E-state index is 12.1. The Balaban J connectivity index is 1.83. The van der Waals surface area contributed by atoms with Crippen LogP contribution in [0.4, 0.5) is 21.9 Å². The molecule has 11 heteroatoms. The molecule has 156 valence electrons. The molecule has 0 unspecified atom stereocenters. The minimum atomic E-state index is -0.849.